The van der Waals surface area contributed by atoms with E-state index in [9.17, 15) is 19.4 Å². The number of carbonyl (C=O) groups is 1. The Morgan fingerprint density at radius 3 is 2.62 bits per heavy atom. The lowest BCUT2D eigenvalue weighted by atomic mass is 10.0. The van der Waals surface area contributed by atoms with Crippen LogP contribution in [0.1, 0.15) is 33.1 Å². The first-order valence-electron chi connectivity index (χ1n) is 9.79. The lowest BCUT2D eigenvalue weighted by molar-refractivity contribution is 0.100. The zero-order valence-corrected chi connectivity index (χ0v) is 17.7. The Morgan fingerprint density at radius 2 is 1.91 bits per heavy atom. The van der Waals surface area contributed by atoms with Crippen molar-refractivity contribution < 1.29 is 23.8 Å². The van der Waals surface area contributed by atoms with Gasteiger partial charge in [0, 0.05) is 12.1 Å². The van der Waals surface area contributed by atoms with E-state index in [0.29, 0.717) is 26.8 Å². The van der Waals surface area contributed by atoms with Gasteiger partial charge in [-0.3, -0.25) is 9.36 Å². The smallest absolute Gasteiger partial charge is 0.242 e. The van der Waals surface area contributed by atoms with Crippen LogP contribution in [0.25, 0.3) is 15.3 Å². The number of carbonyl (C=O) groups excluding carboxylic acids is 1. The summed E-state index contributed by atoms with van der Waals surface area (Å²) in [5.74, 6) is -1.42. The molecule has 8 heteroatoms. The first kappa shape index (κ1) is 20.0. The molecule has 2 aromatic carbocycles. The molecular weight excluding hydrogens is 431 g/mol. The van der Waals surface area contributed by atoms with Crippen molar-refractivity contribution in [2.45, 2.75) is 13.3 Å². The lowest BCUT2D eigenvalue weighted by Gasteiger charge is -2.09. The fraction of sp³-hybridized carbons (Fsp3) is 0.0833. The van der Waals surface area contributed by atoms with Crippen LogP contribution in [-0.4, -0.2) is 25.5 Å². The van der Waals surface area contributed by atoms with Crippen LogP contribution in [0, 0.1) is 12.7 Å². The molecule has 0 bridgehead atoms. The van der Waals surface area contributed by atoms with Gasteiger partial charge >= 0.3 is 0 Å². The van der Waals surface area contributed by atoms with Crippen LogP contribution in [0.3, 0.4) is 0 Å². The van der Waals surface area contributed by atoms with Crippen molar-refractivity contribution >= 4 is 27.3 Å². The Labute approximate surface area is 185 Å². The second-order valence-corrected chi connectivity index (χ2v) is 8.35. The summed E-state index contributed by atoms with van der Waals surface area (Å²) in [7, 11) is 0. The van der Waals surface area contributed by atoms with Crippen LogP contribution in [0.2, 0.25) is 0 Å². The number of hydrogen-bond acceptors (Lipinski definition) is 6. The molecule has 160 valence electrons. The first-order chi connectivity index (χ1) is 15.4. The largest absolute Gasteiger partial charge is 0.503 e. The minimum atomic E-state index is -0.555. The van der Waals surface area contributed by atoms with Crippen LogP contribution in [0.5, 0.6) is 11.6 Å². The number of aryl methyl sites for hydroxylation is 1. The van der Waals surface area contributed by atoms with Crippen molar-refractivity contribution in [3.8, 4) is 16.8 Å². The Balaban J connectivity index is 1.74. The number of halogens is 1. The van der Waals surface area contributed by atoms with E-state index in [1.807, 2.05) is 30.3 Å². The van der Waals surface area contributed by atoms with Crippen molar-refractivity contribution in [1.29, 1.82) is 0 Å². The number of rotatable bonds is 5. The molecule has 6 nitrogen and oxygen atoms in total. The van der Waals surface area contributed by atoms with Crippen LogP contribution in [0.4, 0.5) is 4.39 Å². The number of hydrogen-bond donors (Lipinski definition) is 2. The Bertz CT molecular complexity index is 1470. The van der Waals surface area contributed by atoms with E-state index < -0.39 is 23.2 Å². The molecule has 5 aromatic rings. The van der Waals surface area contributed by atoms with Gasteiger partial charge in [-0.25, -0.2) is 9.37 Å². The van der Waals surface area contributed by atoms with E-state index in [2.05, 4.69) is 4.98 Å². The van der Waals surface area contributed by atoms with Crippen molar-refractivity contribution in [3.63, 3.8) is 0 Å². The molecule has 3 heterocycles. The molecule has 0 atom stereocenters. The predicted molar refractivity (Wildman–Crippen MR) is 118 cm³/mol. The maximum absolute atomic E-state index is 13.7. The van der Waals surface area contributed by atoms with Gasteiger partial charge in [0.05, 0.1) is 15.8 Å². The third-order valence-corrected chi connectivity index (χ3v) is 6.16. The zero-order valence-electron chi connectivity index (χ0n) is 16.9. The fourth-order valence-corrected chi connectivity index (χ4v) is 4.68. The normalized spacial score (nSPS) is 11.3. The van der Waals surface area contributed by atoms with E-state index in [0.717, 1.165) is 16.9 Å². The molecule has 3 aromatic heterocycles. The highest BCUT2D eigenvalue weighted by Crippen LogP contribution is 2.41. The van der Waals surface area contributed by atoms with E-state index in [-0.39, 0.29) is 17.7 Å². The summed E-state index contributed by atoms with van der Waals surface area (Å²) in [6.45, 7) is 1.71. The van der Waals surface area contributed by atoms with Gasteiger partial charge in [-0.15, -0.1) is 0 Å². The molecule has 0 saturated heterocycles. The maximum Gasteiger partial charge on any atom is 0.242 e. The molecule has 0 spiro atoms. The molecule has 0 saturated carbocycles. The number of aromatic nitrogens is 2. The molecule has 2 N–H and O–H groups in total. The number of ketones is 1. The van der Waals surface area contributed by atoms with Crippen LogP contribution >= 0.6 is 11.3 Å². The average Bonchev–Trinajstić information content (AvgIpc) is 3.45. The highest BCUT2D eigenvalue weighted by molar-refractivity contribution is 7.20. The summed E-state index contributed by atoms with van der Waals surface area (Å²) in [4.78, 5) is 17.7. The molecule has 32 heavy (non-hydrogen) atoms. The molecule has 0 amide bonds. The Hall–Kier alpha value is -3.91. The number of fused-ring (bicyclic) bond motifs is 1. The second kappa shape index (κ2) is 7.65. The molecular formula is C24H17FN2O4S. The van der Waals surface area contributed by atoms with E-state index >= 15 is 0 Å². The molecule has 0 aliphatic carbocycles. The zero-order chi connectivity index (χ0) is 22.4. The van der Waals surface area contributed by atoms with Gasteiger partial charge in [0.2, 0.25) is 11.7 Å². The summed E-state index contributed by atoms with van der Waals surface area (Å²) in [6, 6.07) is 16.7. The van der Waals surface area contributed by atoms with Gasteiger partial charge in [0.1, 0.15) is 11.6 Å². The molecule has 0 fully saturated rings. The summed E-state index contributed by atoms with van der Waals surface area (Å²) in [5.41, 5.74) is 1.69. The van der Waals surface area contributed by atoms with Crippen molar-refractivity contribution in [2.75, 3.05) is 0 Å². The first-order valence-corrected chi connectivity index (χ1v) is 10.6. The van der Waals surface area contributed by atoms with Gasteiger partial charge in [0.25, 0.3) is 0 Å². The van der Waals surface area contributed by atoms with Crippen molar-refractivity contribution in [2.24, 2.45) is 0 Å². The van der Waals surface area contributed by atoms with E-state index in [1.54, 1.807) is 19.1 Å². The van der Waals surface area contributed by atoms with Crippen molar-refractivity contribution in [1.82, 2.24) is 9.55 Å². The summed E-state index contributed by atoms with van der Waals surface area (Å²) in [5, 5.41) is 21.9. The predicted octanol–water partition coefficient (Wildman–Crippen LogP) is 5.36. The number of aromatic hydroxyl groups is 2. The molecule has 0 aliphatic rings. The highest BCUT2D eigenvalue weighted by Gasteiger charge is 2.31. The minimum absolute atomic E-state index is 0.0515. The lowest BCUT2D eigenvalue weighted by Crippen LogP contribution is -2.08. The standard InChI is InChI=1S/C24H17FN2O4S/c1-13-7-10-18(31-13)21(28)20-17(11-14-5-3-2-4-6-14)27(23(30)22(20)29)24-26-16-9-8-15(25)12-19(16)32-24/h2-10,12,29-30H,11H2,1H3. The molecule has 0 radical (unpaired) electrons. The summed E-state index contributed by atoms with van der Waals surface area (Å²) >= 11 is 1.14. The van der Waals surface area contributed by atoms with Crippen LogP contribution < -0.4 is 0 Å². The fourth-order valence-electron chi connectivity index (χ4n) is 3.66. The van der Waals surface area contributed by atoms with Crippen molar-refractivity contribution in [3.05, 3.63) is 94.8 Å². The highest BCUT2D eigenvalue weighted by atomic mass is 32.1. The maximum atomic E-state index is 13.7. The quantitative estimate of drug-likeness (QED) is 0.353. The monoisotopic (exact) mass is 448 g/mol. The molecule has 0 unspecified atom stereocenters. The van der Waals surface area contributed by atoms with Gasteiger partial charge in [-0.2, -0.15) is 0 Å². The van der Waals surface area contributed by atoms with Crippen LogP contribution in [0.15, 0.2) is 65.1 Å². The second-order valence-electron chi connectivity index (χ2n) is 7.34. The number of benzene rings is 2. The Kier molecular flexibility index (Phi) is 4.79. The van der Waals surface area contributed by atoms with Gasteiger partial charge < -0.3 is 14.6 Å². The minimum Gasteiger partial charge on any atom is -0.503 e. The number of nitrogens with zero attached hydrogens (tertiary/aromatic N) is 2. The number of thiazole rings is 1. The third kappa shape index (κ3) is 3.34. The molecule has 5 rings (SSSR count). The summed E-state index contributed by atoms with van der Waals surface area (Å²) < 4.78 is 21.1. The SMILES string of the molecule is Cc1ccc(C(=O)c2c(O)c(O)n(-c3nc4ccc(F)cc4s3)c2Cc2ccccc2)o1. The van der Waals surface area contributed by atoms with Gasteiger partial charge in [-0.05, 0) is 42.8 Å². The van der Waals surface area contributed by atoms with Gasteiger partial charge in [-0.1, -0.05) is 41.7 Å². The van der Waals surface area contributed by atoms with E-state index in [4.69, 9.17) is 4.42 Å². The number of furan rings is 1. The average molecular weight is 448 g/mol. The third-order valence-electron chi connectivity index (χ3n) is 5.15. The van der Waals surface area contributed by atoms with E-state index in [1.165, 1.54) is 22.8 Å². The van der Waals surface area contributed by atoms with Crippen LogP contribution in [-0.2, 0) is 6.42 Å². The summed E-state index contributed by atoms with van der Waals surface area (Å²) in [6.07, 6.45) is 0.236. The molecule has 0 aliphatic heterocycles. The topological polar surface area (TPSA) is 88.5 Å². The van der Waals surface area contributed by atoms with Gasteiger partial charge in [0.15, 0.2) is 16.6 Å². The Morgan fingerprint density at radius 1 is 1.12 bits per heavy atom.